The molecule has 0 spiro atoms. The van der Waals surface area contributed by atoms with Crippen LogP contribution in [-0.4, -0.2) is 30.9 Å². The smallest absolute Gasteiger partial charge is 0.359 e. The number of nitrogens with zero attached hydrogens (tertiary/aromatic N) is 4. The van der Waals surface area contributed by atoms with Crippen molar-refractivity contribution < 1.29 is 9.53 Å². The van der Waals surface area contributed by atoms with Crippen LogP contribution in [-0.2, 0) is 16.8 Å². The van der Waals surface area contributed by atoms with Crippen molar-refractivity contribution in [2.75, 3.05) is 0 Å². The van der Waals surface area contributed by atoms with Gasteiger partial charge < -0.3 is 4.74 Å². The standard InChI is InChI=1S/C17H18BrN5O2/c1-17(2,3)16-19-14(20-21-16)10-25-15(24)13-7-8-23(22-13)12-6-4-5-11(18)9-12/h4-9H,10H2,1-3H3,(H,19,20,21). The minimum Gasteiger partial charge on any atom is -0.453 e. The predicted octanol–water partition coefficient (Wildman–Crippen LogP) is 3.41. The first-order valence-corrected chi connectivity index (χ1v) is 8.53. The van der Waals surface area contributed by atoms with E-state index in [1.165, 1.54) is 0 Å². The van der Waals surface area contributed by atoms with Crippen LogP contribution in [0, 0.1) is 0 Å². The molecule has 0 atom stereocenters. The second-order valence-corrected chi connectivity index (χ2v) is 7.47. The lowest BCUT2D eigenvalue weighted by Crippen LogP contribution is -2.13. The van der Waals surface area contributed by atoms with Crippen LogP contribution in [0.4, 0.5) is 0 Å². The number of aromatic nitrogens is 5. The van der Waals surface area contributed by atoms with Gasteiger partial charge in [0.05, 0.1) is 5.69 Å². The average Bonchev–Trinajstić information content (AvgIpc) is 3.21. The molecule has 130 valence electrons. The van der Waals surface area contributed by atoms with Gasteiger partial charge in [0.25, 0.3) is 0 Å². The fraction of sp³-hybridized carbons (Fsp3) is 0.294. The van der Waals surface area contributed by atoms with Crippen molar-refractivity contribution >= 4 is 21.9 Å². The van der Waals surface area contributed by atoms with Crippen molar-refractivity contribution in [1.82, 2.24) is 25.0 Å². The molecule has 0 radical (unpaired) electrons. The molecule has 0 fully saturated rings. The zero-order valence-electron chi connectivity index (χ0n) is 14.2. The zero-order chi connectivity index (χ0) is 18.0. The van der Waals surface area contributed by atoms with E-state index >= 15 is 0 Å². The Hall–Kier alpha value is -2.48. The maximum atomic E-state index is 12.2. The van der Waals surface area contributed by atoms with E-state index in [4.69, 9.17) is 4.74 Å². The SMILES string of the molecule is CC(C)(C)c1n[nH]c(COC(=O)c2ccn(-c3cccc(Br)c3)n2)n1. The van der Waals surface area contributed by atoms with Crippen LogP contribution in [0.2, 0.25) is 0 Å². The molecule has 1 N–H and O–H groups in total. The van der Waals surface area contributed by atoms with Gasteiger partial charge in [-0.25, -0.2) is 14.5 Å². The van der Waals surface area contributed by atoms with Crippen molar-refractivity contribution in [1.29, 1.82) is 0 Å². The third-order valence-corrected chi connectivity index (χ3v) is 3.91. The Kier molecular flexibility index (Phi) is 4.71. The number of aromatic amines is 1. The van der Waals surface area contributed by atoms with Crippen LogP contribution >= 0.6 is 15.9 Å². The molecule has 3 aromatic rings. The Balaban J connectivity index is 1.65. The van der Waals surface area contributed by atoms with E-state index in [0.717, 1.165) is 10.2 Å². The van der Waals surface area contributed by atoms with Gasteiger partial charge in [-0.2, -0.15) is 10.2 Å². The molecular weight excluding hydrogens is 386 g/mol. The number of carbonyl (C=O) groups is 1. The van der Waals surface area contributed by atoms with Crippen molar-refractivity contribution in [2.45, 2.75) is 32.8 Å². The Morgan fingerprint density at radius 1 is 1.32 bits per heavy atom. The van der Waals surface area contributed by atoms with Crippen molar-refractivity contribution in [2.24, 2.45) is 0 Å². The van der Waals surface area contributed by atoms with E-state index in [1.807, 2.05) is 45.0 Å². The second kappa shape index (κ2) is 6.79. The van der Waals surface area contributed by atoms with Crippen LogP contribution in [0.25, 0.3) is 5.69 Å². The van der Waals surface area contributed by atoms with Gasteiger partial charge in [0.2, 0.25) is 0 Å². The molecule has 0 saturated carbocycles. The molecule has 0 aliphatic rings. The first-order valence-electron chi connectivity index (χ1n) is 7.73. The van der Waals surface area contributed by atoms with Crippen molar-refractivity contribution in [3.63, 3.8) is 0 Å². The summed E-state index contributed by atoms with van der Waals surface area (Å²) < 4.78 is 7.81. The lowest BCUT2D eigenvalue weighted by atomic mass is 9.96. The summed E-state index contributed by atoms with van der Waals surface area (Å²) in [6, 6.07) is 9.24. The number of H-pyrrole nitrogens is 1. The summed E-state index contributed by atoms with van der Waals surface area (Å²) in [5, 5.41) is 11.2. The van der Waals surface area contributed by atoms with Crippen LogP contribution in [0.3, 0.4) is 0 Å². The minimum atomic E-state index is -0.512. The maximum Gasteiger partial charge on any atom is 0.359 e. The highest BCUT2D eigenvalue weighted by atomic mass is 79.9. The number of nitrogens with one attached hydrogen (secondary N) is 1. The van der Waals surface area contributed by atoms with E-state index in [0.29, 0.717) is 11.6 Å². The first kappa shape index (κ1) is 17.3. The van der Waals surface area contributed by atoms with Crippen LogP contribution in [0.1, 0.15) is 42.9 Å². The molecule has 8 heteroatoms. The van der Waals surface area contributed by atoms with Crippen LogP contribution in [0.15, 0.2) is 41.0 Å². The van der Waals surface area contributed by atoms with Gasteiger partial charge in [0, 0.05) is 16.1 Å². The summed E-state index contributed by atoms with van der Waals surface area (Å²) in [6.07, 6.45) is 1.71. The predicted molar refractivity (Wildman–Crippen MR) is 95.5 cm³/mol. The number of ether oxygens (including phenoxy) is 1. The number of hydrogen-bond acceptors (Lipinski definition) is 5. The van der Waals surface area contributed by atoms with E-state index in [1.54, 1.807) is 16.9 Å². The number of hydrogen-bond donors (Lipinski definition) is 1. The molecule has 0 aliphatic heterocycles. The van der Waals surface area contributed by atoms with Crippen LogP contribution < -0.4 is 0 Å². The van der Waals surface area contributed by atoms with Gasteiger partial charge in [0.15, 0.2) is 23.9 Å². The van der Waals surface area contributed by atoms with Crippen molar-refractivity contribution in [3.05, 3.63) is 58.3 Å². The Morgan fingerprint density at radius 2 is 2.12 bits per heavy atom. The van der Waals surface area contributed by atoms with Gasteiger partial charge in [-0.05, 0) is 24.3 Å². The molecule has 0 unspecified atom stereocenters. The number of esters is 1. The summed E-state index contributed by atoms with van der Waals surface area (Å²) in [5.74, 6) is 0.671. The largest absolute Gasteiger partial charge is 0.453 e. The minimum absolute atomic E-state index is 0.0195. The molecular formula is C17H18BrN5O2. The van der Waals surface area contributed by atoms with Gasteiger partial charge in [-0.15, -0.1) is 0 Å². The Bertz CT molecular complexity index is 894. The summed E-state index contributed by atoms with van der Waals surface area (Å²) in [6.45, 7) is 6.06. The third kappa shape index (κ3) is 4.14. The number of halogens is 1. The molecule has 0 bridgehead atoms. The lowest BCUT2D eigenvalue weighted by Gasteiger charge is -2.11. The highest BCUT2D eigenvalue weighted by molar-refractivity contribution is 9.10. The summed E-state index contributed by atoms with van der Waals surface area (Å²) in [5.41, 5.74) is 0.913. The van der Waals surface area contributed by atoms with Crippen molar-refractivity contribution in [3.8, 4) is 5.69 Å². The van der Waals surface area contributed by atoms with E-state index < -0.39 is 5.97 Å². The van der Waals surface area contributed by atoms with E-state index in [-0.39, 0.29) is 17.7 Å². The molecule has 25 heavy (non-hydrogen) atoms. The lowest BCUT2D eigenvalue weighted by molar-refractivity contribution is 0.0455. The fourth-order valence-corrected chi connectivity index (χ4v) is 2.49. The normalized spacial score (nSPS) is 11.5. The zero-order valence-corrected chi connectivity index (χ0v) is 15.7. The highest BCUT2D eigenvalue weighted by Gasteiger charge is 2.20. The molecule has 2 aromatic heterocycles. The first-order chi connectivity index (χ1) is 11.8. The molecule has 0 aliphatic carbocycles. The topological polar surface area (TPSA) is 85.7 Å². The molecule has 3 rings (SSSR count). The van der Waals surface area contributed by atoms with E-state index in [2.05, 4.69) is 36.2 Å². The van der Waals surface area contributed by atoms with Gasteiger partial charge in [0.1, 0.15) is 0 Å². The Morgan fingerprint density at radius 3 is 2.80 bits per heavy atom. The molecule has 0 saturated heterocycles. The van der Waals surface area contributed by atoms with Gasteiger partial charge >= 0.3 is 5.97 Å². The highest BCUT2D eigenvalue weighted by Crippen LogP contribution is 2.18. The molecule has 7 nitrogen and oxygen atoms in total. The quantitative estimate of drug-likeness (QED) is 0.674. The fourth-order valence-electron chi connectivity index (χ4n) is 2.10. The summed E-state index contributed by atoms with van der Waals surface area (Å²) in [4.78, 5) is 16.5. The number of rotatable bonds is 4. The number of carbonyl (C=O) groups excluding carboxylic acids is 1. The molecule has 0 amide bonds. The summed E-state index contributed by atoms with van der Waals surface area (Å²) in [7, 11) is 0. The van der Waals surface area contributed by atoms with E-state index in [9.17, 15) is 4.79 Å². The van der Waals surface area contributed by atoms with Crippen LogP contribution in [0.5, 0.6) is 0 Å². The van der Waals surface area contributed by atoms with Gasteiger partial charge in [-0.3, -0.25) is 5.10 Å². The molecule has 1 aromatic carbocycles. The Labute approximate surface area is 153 Å². The second-order valence-electron chi connectivity index (χ2n) is 6.56. The average molecular weight is 404 g/mol. The third-order valence-electron chi connectivity index (χ3n) is 3.41. The monoisotopic (exact) mass is 403 g/mol. The maximum absolute atomic E-state index is 12.2. The molecule has 2 heterocycles. The number of benzene rings is 1. The van der Waals surface area contributed by atoms with Gasteiger partial charge in [-0.1, -0.05) is 42.8 Å². The summed E-state index contributed by atoms with van der Waals surface area (Å²) >= 11 is 3.41.